The quantitative estimate of drug-likeness (QED) is 0.0426. The molecular weight excluding hydrogens is 624 g/mol. The minimum Gasteiger partial charge on any atom is -0.494 e. The molecule has 6 heteroatoms. The first-order chi connectivity index (χ1) is 24.5. The number of carbonyl (C=O) groups is 2. The number of aliphatic hydroxyl groups excluding tert-OH is 1. The Balaban J connectivity index is 1.98. The van der Waals surface area contributed by atoms with Crippen molar-refractivity contribution in [2.75, 3.05) is 19.8 Å². The largest absolute Gasteiger partial charge is 0.494 e. The maximum Gasteiger partial charge on any atom is 0.330 e. The normalized spacial score (nSPS) is 12.0. The molecule has 0 heterocycles. The third kappa shape index (κ3) is 30.5. The molecule has 0 unspecified atom stereocenters. The highest BCUT2D eigenvalue weighted by atomic mass is 16.6. The maximum absolute atomic E-state index is 12.1. The van der Waals surface area contributed by atoms with Crippen LogP contribution in [-0.4, -0.2) is 43.0 Å². The first kappa shape index (κ1) is 45.7. The molecule has 0 aromatic heterocycles. The van der Waals surface area contributed by atoms with Crippen LogP contribution in [0.25, 0.3) is 6.08 Å². The summed E-state index contributed by atoms with van der Waals surface area (Å²) in [5, 5.41) is 10.1. The van der Waals surface area contributed by atoms with Crippen molar-refractivity contribution >= 4 is 18.0 Å². The first-order valence-electron chi connectivity index (χ1n) is 21.0. The Morgan fingerprint density at radius 2 is 0.960 bits per heavy atom. The van der Waals surface area contributed by atoms with E-state index in [-0.39, 0.29) is 19.2 Å². The van der Waals surface area contributed by atoms with Crippen LogP contribution in [0.3, 0.4) is 0 Å². The number of ether oxygens (including phenoxy) is 3. The summed E-state index contributed by atoms with van der Waals surface area (Å²) < 4.78 is 16.1. The number of unbranched alkanes of at least 4 members (excludes halogenated alkanes) is 25. The van der Waals surface area contributed by atoms with Gasteiger partial charge in [-0.25, -0.2) is 4.79 Å². The summed E-state index contributed by atoms with van der Waals surface area (Å²) in [6, 6.07) is 7.61. The fraction of sp³-hybridized carbons (Fsp3) is 0.773. The summed E-state index contributed by atoms with van der Waals surface area (Å²) in [6.45, 7) is 4.86. The second-order valence-electron chi connectivity index (χ2n) is 14.3. The molecule has 0 saturated carbocycles. The van der Waals surface area contributed by atoms with Crippen LogP contribution in [0.4, 0.5) is 0 Å². The van der Waals surface area contributed by atoms with E-state index in [2.05, 4.69) is 13.8 Å². The zero-order valence-electron chi connectivity index (χ0n) is 32.5. The van der Waals surface area contributed by atoms with E-state index in [1.54, 1.807) is 6.08 Å². The summed E-state index contributed by atoms with van der Waals surface area (Å²) in [5.41, 5.74) is 0.855. The molecule has 1 rings (SSSR count). The molecule has 0 aliphatic rings. The van der Waals surface area contributed by atoms with Crippen LogP contribution in [0.2, 0.25) is 0 Å². The molecule has 0 aliphatic heterocycles. The Kier molecular flexibility index (Phi) is 32.0. The van der Waals surface area contributed by atoms with Crippen molar-refractivity contribution in [2.45, 2.75) is 200 Å². The van der Waals surface area contributed by atoms with Gasteiger partial charge in [0.1, 0.15) is 25.1 Å². The van der Waals surface area contributed by atoms with Gasteiger partial charge < -0.3 is 19.3 Å². The minimum atomic E-state index is -1.04. The van der Waals surface area contributed by atoms with Crippen molar-refractivity contribution in [1.29, 1.82) is 0 Å². The molecule has 0 spiro atoms. The Morgan fingerprint density at radius 1 is 0.560 bits per heavy atom. The number of benzene rings is 1. The number of carbonyl (C=O) groups excluding carboxylic acids is 2. The van der Waals surface area contributed by atoms with Crippen molar-refractivity contribution in [3.8, 4) is 5.75 Å². The van der Waals surface area contributed by atoms with E-state index in [4.69, 9.17) is 14.2 Å². The van der Waals surface area contributed by atoms with E-state index in [1.165, 1.54) is 154 Å². The van der Waals surface area contributed by atoms with Crippen LogP contribution in [0.15, 0.2) is 30.3 Å². The van der Waals surface area contributed by atoms with Gasteiger partial charge in [-0.2, -0.15) is 0 Å². The molecular formula is C44H76O6. The number of aliphatic hydroxyl groups is 1. The summed E-state index contributed by atoms with van der Waals surface area (Å²) in [4.78, 5) is 24.1. The Labute approximate surface area is 307 Å². The Bertz CT molecular complexity index is 927. The van der Waals surface area contributed by atoms with Crippen LogP contribution in [0.5, 0.6) is 5.75 Å². The summed E-state index contributed by atoms with van der Waals surface area (Å²) >= 11 is 0. The average molecular weight is 701 g/mol. The van der Waals surface area contributed by atoms with Gasteiger partial charge in [0, 0.05) is 12.5 Å². The summed E-state index contributed by atoms with van der Waals surface area (Å²) in [7, 11) is 0. The average Bonchev–Trinajstić information content (AvgIpc) is 3.13. The monoisotopic (exact) mass is 701 g/mol. The van der Waals surface area contributed by atoms with E-state index in [9.17, 15) is 14.7 Å². The van der Waals surface area contributed by atoms with Gasteiger partial charge in [-0.15, -0.1) is 0 Å². The van der Waals surface area contributed by atoms with E-state index in [0.717, 1.165) is 43.6 Å². The number of hydrogen-bond acceptors (Lipinski definition) is 6. The lowest BCUT2D eigenvalue weighted by molar-refractivity contribution is -0.150. The predicted molar refractivity (Wildman–Crippen MR) is 210 cm³/mol. The van der Waals surface area contributed by atoms with Gasteiger partial charge in [-0.1, -0.05) is 187 Å². The van der Waals surface area contributed by atoms with Gasteiger partial charge in [0.15, 0.2) is 0 Å². The van der Waals surface area contributed by atoms with Crippen molar-refractivity contribution in [3.63, 3.8) is 0 Å². The van der Waals surface area contributed by atoms with Crippen molar-refractivity contribution in [2.24, 2.45) is 0 Å². The van der Waals surface area contributed by atoms with Gasteiger partial charge in [0.05, 0.1) is 6.61 Å². The van der Waals surface area contributed by atoms with Crippen LogP contribution in [0.1, 0.15) is 199 Å². The molecule has 0 radical (unpaired) electrons. The molecule has 0 saturated heterocycles. The number of hydrogen-bond donors (Lipinski definition) is 1. The third-order valence-corrected chi connectivity index (χ3v) is 9.40. The van der Waals surface area contributed by atoms with Gasteiger partial charge in [0.2, 0.25) is 0 Å². The molecule has 288 valence electrons. The fourth-order valence-corrected chi connectivity index (χ4v) is 6.15. The highest BCUT2D eigenvalue weighted by Crippen LogP contribution is 2.16. The smallest absolute Gasteiger partial charge is 0.330 e. The van der Waals surface area contributed by atoms with Crippen molar-refractivity contribution < 1.29 is 28.9 Å². The summed E-state index contributed by atoms with van der Waals surface area (Å²) in [6.07, 6.45) is 37.4. The van der Waals surface area contributed by atoms with Crippen LogP contribution in [0, 0.1) is 0 Å². The maximum atomic E-state index is 12.1. The second kappa shape index (κ2) is 35.1. The Morgan fingerprint density at radius 3 is 1.42 bits per heavy atom. The zero-order chi connectivity index (χ0) is 36.2. The van der Waals surface area contributed by atoms with Crippen LogP contribution >= 0.6 is 0 Å². The SMILES string of the molecule is CCCCCCCCCCCCCCCCOc1ccc(/C=C/C(=O)OC[C@@H](O)COC(=O)CCCCCCCCCCCCCCC)cc1. The lowest BCUT2D eigenvalue weighted by atomic mass is 10.0. The lowest BCUT2D eigenvalue weighted by Gasteiger charge is -2.11. The highest BCUT2D eigenvalue weighted by molar-refractivity contribution is 5.87. The van der Waals surface area contributed by atoms with Crippen LogP contribution in [-0.2, 0) is 19.1 Å². The molecule has 1 aromatic rings. The van der Waals surface area contributed by atoms with E-state index in [1.807, 2.05) is 24.3 Å². The fourth-order valence-electron chi connectivity index (χ4n) is 6.15. The predicted octanol–water partition coefficient (Wildman–Crippen LogP) is 12.5. The summed E-state index contributed by atoms with van der Waals surface area (Å²) in [5.74, 6) is -0.0444. The molecule has 1 N–H and O–H groups in total. The molecule has 0 aliphatic carbocycles. The second-order valence-corrected chi connectivity index (χ2v) is 14.3. The molecule has 0 amide bonds. The van der Waals surface area contributed by atoms with Gasteiger partial charge >= 0.3 is 11.9 Å². The molecule has 0 fully saturated rings. The first-order valence-corrected chi connectivity index (χ1v) is 21.0. The topological polar surface area (TPSA) is 82.1 Å². The van der Waals surface area contributed by atoms with Crippen LogP contribution < -0.4 is 4.74 Å². The van der Waals surface area contributed by atoms with E-state index in [0.29, 0.717) is 6.42 Å². The zero-order valence-corrected chi connectivity index (χ0v) is 32.5. The molecule has 50 heavy (non-hydrogen) atoms. The molecule has 0 bridgehead atoms. The Hall–Kier alpha value is -2.34. The molecule has 1 atom stereocenters. The molecule has 1 aromatic carbocycles. The third-order valence-electron chi connectivity index (χ3n) is 9.40. The van der Waals surface area contributed by atoms with Gasteiger partial charge in [-0.3, -0.25) is 4.79 Å². The lowest BCUT2D eigenvalue weighted by Crippen LogP contribution is -2.24. The number of rotatable bonds is 36. The number of esters is 2. The van der Waals surface area contributed by atoms with Crippen molar-refractivity contribution in [1.82, 2.24) is 0 Å². The standard InChI is InChI=1S/C44H76O6/c1-3-5-7-9-11-13-15-17-19-21-23-25-27-29-37-48-42-34-31-40(32-35-42)33-36-44(47)50-39-41(45)38-49-43(46)30-28-26-24-22-20-18-16-14-12-10-8-6-4-2/h31-36,41,45H,3-30,37-39H2,1-2H3/b36-33+/t41-/m0/s1. The van der Waals surface area contributed by atoms with E-state index < -0.39 is 12.1 Å². The highest BCUT2D eigenvalue weighted by Gasteiger charge is 2.11. The van der Waals surface area contributed by atoms with Crippen molar-refractivity contribution in [3.05, 3.63) is 35.9 Å². The van der Waals surface area contributed by atoms with Gasteiger partial charge in [0.25, 0.3) is 0 Å². The minimum absolute atomic E-state index is 0.172. The van der Waals surface area contributed by atoms with Gasteiger partial charge in [-0.05, 0) is 36.6 Å². The van der Waals surface area contributed by atoms with E-state index >= 15 is 0 Å². The molecule has 6 nitrogen and oxygen atoms in total.